The van der Waals surface area contributed by atoms with Crippen LogP contribution in [0, 0.1) is 0 Å². The topological polar surface area (TPSA) is 69.2 Å². The number of halogens is 1. The first-order valence-electron chi connectivity index (χ1n) is 9.73. The Morgan fingerprint density at radius 2 is 1.76 bits per heavy atom. The smallest absolute Gasteiger partial charge is 0.175 e. The van der Waals surface area contributed by atoms with Crippen LogP contribution in [-0.2, 0) is 27.6 Å². The van der Waals surface area contributed by atoms with Crippen LogP contribution in [0.1, 0.15) is 35.8 Å². The standard InChI is InChI=1S/C22H20ClN3O2S/c23-17-10-8-15(9-11-17)21-19-14-26(29(27,28)18-4-2-1-3-5-18)13-12-20(19)24-22(25-21)16-6-7-16/h1-5,8-11,16H,6-7,12-14H2. The lowest BCUT2D eigenvalue weighted by atomic mass is 10.00. The van der Waals surface area contributed by atoms with Gasteiger partial charge in [-0.15, -0.1) is 4.31 Å². The van der Waals surface area contributed by atoms with Gasteiger partial charge >= 0.3 is 0 Å². The SMILES string of the molecule is O=[S+]([O-])(c1ccccc1)N1CCc2nc(C3CC3)nc(-c3ccc(Cl)cc3)c2C1. The summed E-state index contributed by atoms with van der Waals surface area (Å²) in [5.41, 5.74) is 3.62. The fourth-order valence-electron chi connectivity index (χ4n) is 3.73. The van der Waals surface area contributed by atoms with E-state index in [2.05, 4.69) is 0 Å². The Morgan fingerprint density at radius 3 is 2.45 bits per heavy atom. The van der Waals surface area contributed by atoms with E-state index < -0.39 is 10.4 Å². The Hall–Kier alpha value is -2.12. The molecule has 1 fully saturated rings. The van der Waals surface area contributed by atoms with E-state index >= 15 is 0 Å². The number of rotatable bonds is 4. The molecule has 2 aliphatic rings. The summed E-state index contributed by atoms with van der Waals surface area (Å²) in [5, 5.41) is 0.660. The van der Waals surface area contributed by atoms with Crippen molar-refractivity contribution < 1.29 is 8.76 Å². The highest BCUT2D eigenvalue weighted by Crippen LogP contribution is 2.41. The summed E-state index contributed by atoms with van der Waals surface area (Å²) in [6.07, 6.45) is 2.82. The van der Waals surface area contributed by atoms with Crippen molar-refractivity contribution in [2.24, 2.45) is 0 Å². The van der Waals surface area contributed by atoms with Crippen LogP contribution in [0.4, 0.5) is 0 Å². The second kappa shape index (κ2) is 7.29. The molecule has 2 aromatic carbocycles. The van der Waals surface area contributed by atoms with Crippen LogP contribution in [0.5, 0.6) is 0 Å². The van der Waals surface area contributed by atoms with E-state index in [1.165, 1.54) is 4.31 Å². The Balaban J connectivity index is 1.57. The molecule has 1 aliphatic carbocycles. The zero-order chi connectivity index (χ0) is 20.0. The molecule has 0 N–H and O–H groups in total. The van der Waals surface area contributed by atoms with Crippen molar-refractivity contribution in [2.75, 3.05) is 6.54 Å². The van der Waals surface area contributed by atoms with Gasteiger partial charge in [-0.3, -0.25) is 0 Å². The van der Waals surface area contributed by atoms with Gasteiger partial charge < -0.3 is 4.55 Å². The predicted molar refractivity (Wildman–Crippen MR) is 112 cm³/mol. The summed E-state index contributed by atoms with van der Waals surface area (Å²) in [5.74, 6) is 1.31. The maximum absolute atomic E-state index is 13.1. The lowest BCUT2D eigenvalue weighted by Gasteiger charge is -2.32. The van der Waals surface area contributed by atoms with Crippen LogP contribution in [0.25, 0.3) is 11.3 Å². The second-order valence-electron chi connectivity index (χ2n) is 7.54. The molecular formula is C22H20ClN3O2S. The van der Waals surface area contributed by atoms with E-state index in [-0.39, 0.29) is 6.54 Å². The molecule has 3 aromatic rings. The maximum Gasteiger partial charge on any atom is 0.175 e. The summed E-state index contributed by atoms with van der Waals surface area (Å²) in [6.45, 7) is 0.695. The number of hydrogen-bond acceptors (Lipinski definition) is 4. The zero-order valence-corrected chi connectivity index (χ0v) is 17.3. The Labute approximate surface area is 176 Å². The third kappa shape index (κ3) is 3.62. The number of hydrogen-bond donors (Lipinski definition) is 0. The van der Waals surface area contributed by atoms with E-state index in [0.717, 1.165) is 41.2 Å². The third-order valence-electron chi connectivity index (χ3n) is 5.48. The lowest BCUT2D eigenvalue weighted by Crippen LogP contribution is -2.40. The van der Waals surface area contributed by atoms with Crippen molar-refractivity contribution in [1.82, 2.24) is 14.3 Å². The average Bonchev–Trinajstić information content (AvgIpc) is 3.59. The second-order valence-corrected chi connectivity index (χ2v) is 9.91. The number of sulfonamides is 1. The van der Waals surface area contributed by atoms with Crippen molar-refractivity contribution in [3.8, 4) is 11.3 Å². The highest BCUT2D eigenvalue weighted by Gasteiger charge is 2.36. The van der Waals surface area contributed by atoms with Gasteiger partial charge in [-0.2, -0.15) is 0 Å². The van der Waals surface area contributed by atoms with E-state index in [9.17, 15) is 8.76 Å². The minimum Gasteiger partial charge on any atom is -0.593 e. The van der Waals surface area contributed by atoms with Gasteiger partial charge in [-0.05, 0) is 37.1 Å². The predicted octanol–water partition coefficient (Wildman–Crippen LogP) is 4.64. The molecule has 7 heteroatoms. The van der Waals surface area contributed by atoms with Crippen molar-refractivity contribution in [2.45, 2.75) is 36.6 Å². The summed E-state index contributed by atoms with van der Waals surface area (Å²) < 4.78 is 27.8. The molecule has 0 amide bonds. The maximum atomic E-state index is 13.1. The monoisotopic (exact) mass is 425 g/mol. The Morgan fingerprint density at radius 1 is 1.03 bits per heavy atom. The van der Waals surface area contributed by atoms with Crippen LogP contribution in [0.15, 0.2) is 59.5 Å². The molecule has 0 spiro atoms. The van der Waals surface area contributed by atoms with Crippen molar-refractivity contribution in [1.29, 1.82) is 0 Å². The Bertz CT molecular complexity index is 1100. The molecule has 148 valence electrons. The fourth-order valence-corrected chi connectivity index (χ4v) is 5.28. The van der Waals surface area contributed by atoms with E-state index in [0.29, 0.717) is 28.8 Å². The number of benzene rings is 2. The highest BCUT2D eigenvalue weighted by molar-refractivity contribution is 7.95. The summed E-state index contributed by atoms with van der Waals surface area (Å²) in [7, 11) is -3.57. The molecule has 0 saturated heterocycles. The highest BCUT2D eigenvalue weighted by atomic mass is 35.5. The van der Waals surface area contributed by atoms with Crippen LogP contribution in [0.3, 0.4) is 0 Å². The van der Waals surface area contributed by atoms with Gasteiger partial charge in [-0.1, -0.05) is 46.1 Å². The molecule has 1 unspecified atom stereocenters. The van der Waals surface area contributed by atoms with Crippen LogP contribution in [-0.4, -0.2) is 25.4 Å². The first-order valence-corrected chi connectivity index (χ1v) is 11.5. The first-order chi connectivity index (χ1) is 14.0. The van der Waals surface area contributed by atoms with Gasteiger partial charge in [-0.25, -0.2) is 9.97 Å². The van der Waals surface area contributed by atoms with Gasteiger partial charge in [0.15, 0.2) is 15.3 Å². The summed E-state index contributed by atoms with van der Waals surface area (Å²) in [6, 6.07) is 16.1. The number of fused-ring (bicyclic) bond motifs is 1. The molecule has 1 atom stereocenters. The van der Waals surface area contributed by atoms with E-state index in [1.54, 1.807) is 24.3 Å². The lowest BCUT2D eigenvalue weighted by molar-refractivity contribution is 0.337. The quantitative estimate of drug-likeness (QED) is 0.571. The van der Waals surface area contributed by atoms with Gasteiger partial charge in [0.05, 0.1) is 24.5 Å². The Kier molecular flexibility index (Phi) is 4.75. The van der Waals surface area contributed by atoms with Crippen molar-refractivity contribution in [3.05, 3.63) is 76.7 Å². The van der Waals surface area contributed by atoms with Crippen molar-refractivity contribution >= 4 is 22.0 Å². The molecule has 1 saturated carbocycles. The van der Waals surface area contributed by atoms with Crippen LogP contribution < -0.4 is 0 Å². The van der Waals surface area contributed by atoms with Gasteiger partial charge in [0.2, 0.25) is 0 Å². The van der Waals surface area contributed by atoms with Crippen molar-refractivity contribution in [3.63, 3.8) is 0 Å². The molecule has 2 heterocycles. The molecule has 0 radical (unpaired) electrons. The molecular weight excluding hydrogens is 406 g/mol. The summed E-state index contributed by atoms with van der Waals surface area (Å²) >= 11 is 6.06. The minimum absolute atomic E-state index is 0.273. The third-order valence-corrected chi connectivity index (χ3v) is 7.60. The molecule has 5 nitrogen and oxygen atoms in total. The van der Waals surface area contributed by atoms with Gasteiger partial charge in [0, 0.05) is 28.5 Å². The molecule has 5 rings (SSSR count). The number of aromatic nitrogens is 2. The van der Waals surface area contributed by atoms with E-state index in [1.807, 2.05) is 30.3 Å². The largest absolute Gasteiger partial charge is 0.593 e. The zero-order valence-electron chi connectivity index (χ0n) is 15.8. The van der Waals surface area contributed by atoms with Gasteiger partial charge in [0.1, 0.15) is 5.82 Å². The molecule has 1 aromatic heterocycles. The van der Waals surface area contributed by atoms with Gasteiger partial charge in [0.25, 0.3) is 0 Å². The number of nitrogens with zero attached hydrogens (tertiary/aromatic N) is 3. The molecule has 1 aliphatic heterocycles. The van der Waals surface area contributed by atoms with E-state index in [4.69, 9.17) is 21.6 Å². The molecule has 0 bridgehead atoms. The first kappa shape index (κ1) is 18.9. The van der Waals surface area contributed by atoms with Crippen LogP contribution in [0.2, 0.25) is 5.02 Å². The fraction of sp³-hybridized carbons (Fsp3) is 0.273. The normalized spacial score (nSPS) is 18.8. The average molecular weight is 426 g/mol. The summed E-state index contributed by atoms with van der Waals surface area (Å²) in [4.78, 5) is 9.98. The molecule has 29 heavy (non-hydrogen) atoms. The minimum atomic E-state index is -3.57. The van der Waals surface area contributed by atoms with Crippen LogP contribution >= 0.6 is 11.6 Å².